The molecule has 0 unspecified atom stereocenters. The molecule has 0 aliphatic heterocycles. The number of carbonyl (C=O) groups excluding carboxylic acids is 1. The molecular weight excluding hydrogens is 265 g/mol. The highest BCUT2D eigenvalue weighted by atomic mass is 19.4. The van der Waals surface area contributed by atoms with Crippen LogP contribution in [0, 0.1) is 0 Å². The highest BCUT2D eigenvalue weighted by Crippen LogP contribution is 2.27. The lowest BCUT2D eigenvalue weighted by Gasteiger charge is -2.08. The highest BCUT2D eigenvalue weighted by Gasteiger charge is 2.34. The predicted octanol–water partition coefficient (Wildman–Crippen LogP) is 1.05. The number of alkyl halides is 3. The van der Waals surface area contributed by atoms with Crippen LogP contribution in [0.25, 0.3) is 0 Å². The number of nitrogens with zero attached hydrogens (tertiary/aromatic N) is 3. The molecule has 2 aromatic heterocycles. The van der Waals surface area contributed by atoms with E-state index in [4.69, 9.17) is 5.73 Å². The van der Waals surface area contributed by atoms with Crippen molar-refractivity contribution in [1.29, 1.82) is 0 Å². The Morgan fingerprint density at radius 3 is 2.68 bits per heavy atom. The van der Waals surface area contributed by atoms with E-state index in [1.807, 2.05) is 0 Å². The number of amides is 1. The lowest BCUT2D eigenvalue weighted by Crippen LogP contribution is -2.19. The lowest BCUT2D eigenvalue weighted by molar-refractivity contribution is -0.141. The summed E-state index contributed by atoms with van der Waals surface area (Å²) < 4.78 is 37.0. The highest BCUT2D eigenvalue weighted by molar-refractivity contribution is 6.05. The van der Waals surface area contributed by atoms with Crippen molar-refractivity contribution in [2.75, 3.05) is 11.1 Å². The van der Waals surface area contributed by atoms with Crippen molar-refractivity contribution in [1.82, 2.24) is 20.2 Å². The van der Waals surface area contributed by atoms with Crippen LogP contribution >= 0.6 is 0 Å². The van der Waals surface area contributed by atoms with E-state index >= 15 is 0 Å². The molecule has 2 rings (SSSR count). The number of nitrogen functional groups attached to an aromatic ring is 1. The fraction of sp³-hybridized carbons (Fsp3) is 0.111. The Hall–Kier alpha value is -2.65. The number of anilines is 2. The number of carbonyl (C=O) groups is 1. The van der Waals surface area contributed by atoms with Crippen LogP contribution in [0.4, 0.5) is 24.8 Å². The topological polar surface area (TPSA) is 110 Å². The van der Waals surface area contributed by atoms with E-state index in [1.165, 1.54) is 12.3 Å². The van der Waals surface area contributed by atoms with E-state index in [2.05, 4.69) is 25.5 Å². The van der Waals surface area contributed by atoms with Gasteiger partial charge in [-0.2, -0.15) is 18.3 Å². The molecule has 19 heavy (non-hydrogen) atoms. The number of aromatic nitrogens is 4. The molecule has 0 saturated heterocycles. The van der Waals surface area contributed by atoms with Gasteiger partial charge in [0.05, 0.1) is 12.4 Å². The summed E-state index contributed by atoms with van der Waals surface area (Å²) in [5, 5.41) is 8.34. The summed E-state index contributed by atoms with van der Waals surface area (Å²) in [6, 6.07) is 1.45. The first-order valence-corrected chi connectivity index (χ1v) is 4.88. The molecule has 0 bridgehead atoms. The van der Waals surface area contributed by atoms with Gasteiger partial charge in [-0.3, -0.25) is 9.89 Å². The van der Waals surface area contributed by atoms with Crippen LogP contribution in [0.3, 0.4) is 0 Å². The Morgan fingerprint density at radius 2 is 2.16 bits per heavy atom. The molecule has 0 fully saturated rings. The molecule has 0 aliphatic rings. The second kappa shape index (κ2) is 4.55. The molecular formula is C9H7F3N6O. The van der Waals surface area contributed by atoms with Crippen molar-refractivity contribution in [3.05, 3.63) is 29.8 Å². The van der Waals surface area contributed by atoms with E-state index in [-0.39, 0.29) is 5.82 Å². The summed E-state index contributed by atoms with van der Waals surface area (Å²) in [4.78, 5) is 18.1. The molecule has 2 aromatic rings. The molecule has 0 spiro atoms. The Labute approximate surface area is 104 Å². The number of hydrogen-bond acceptors (Lipinski definition) is 5. The number of aromatic amines is 1. The third kappa shape index (κ3) is 2.78. The summed E-state index contributed by atoms with van der Waals surface area (Å²) in [7, 11) is 0. The largest absolute Gasteiger partial charge is 0.434 e. The van der Waals surface area contributed by atoms with Gasteiger partial charge in [0, 0.05) is 6.07 Å². The molecule has 0 radical (unpaired) electrons. The van der Waals surface area contributed by atoms with Gasteiger partial charge in [-0.1, -0.05) is 0 Å². The standard InChI is InChI=1S/C9H7F3N6O/c10-9(11,12)4-3-14-6(7(13)16-4)8(19)17-5-1-2-15-18-5/h1-3H,(H2,13,16)(H2,15,17,18,19). The SMILES string of the molecule is Nc1nc(C(F)(F)F)cnc1C(=O)Nc1ccn[nH]1. The zero-order chi connectivity index (χ0) is 14.0. The average molecular weight is 272 g/mol. The number of nitrogens with two attached hydrogens (primary N) is 1. The summed E-state index contributed by atoms with van der Waals surface area (Å²) in [6.07, 6.45) is -2.84. The average Bonchev–Trinajstić information content (AvgIpc) is 2.80. The third-order valence-corrected chi connectivity index (χ3v) is 2.05. The zero-order valence-corrected chi connectivity index (χ0v) is 9.19. The molecule has 0 atom stereocenters. The van der Waals surface area contributed by atoms with Gasteiger partial charge in [0.1, 0.15) is 5.82 Å². The van der Waals surface area contributed by atoms with Crippen molar-refractivity contribution in [2.45, 2.75) is 6.18 Å². The van der Waals surface area contributed by atoms with Crippen LogP contribution in [0.5, 0.6) is 0 Å². The molecule has 0 saturated carbocycles. The van der Waals surface area contributed by atoms with E-state index < -0.39 is 29.3 Å². The molecule has 10 heteroatoms. The van der Waals surface area contributed by atoms with Crippen LogP contribution in [-0.2, 0) is 6.18 Å². The molecule has 1 amide bonds. The van der Waals surface area contributed by atoms with Gasteiger partial charge in [0.2, 0.25) is 0 Å². The first-order chi connectivity index (χ1) is 8.88. The lowest BCUT2D eigenvalue weighted by atomic mass is 10.3. The minimum absolute atomic E-state index is 0.256. The Kier molecular flexibility index (Phi) is 3.07. The maximum absolute atomic E-state index is 12.3. The minimum Gasteiger partial charge on any atom is -0.382 e. The van der Waals surface area contributed by atoms with E-state index in [0.717, 1.165) is 0 Å². The summed E-state index contributed by atoms with van der Waals surface area (Å²) >= 11 is 0. The molecule has 0 aliphatic carbocycles. The van der Waals surface area contributed by atoms with Gasteiger partial charge >= 0.3 is 6.18 Å². The van der Waals surface area contributed by atoms with E-state index in [9.17, 15) is 18.0 Å². The fourth-order valence-corrected chi connectivity index (χ4v) is 1.22. The number of nitrogens with one attached hydrogen (secondary N) is 2. The first kappa shape index (κ1) is 12.8. The van der Waals surface area contributed by atoms with Gasteiger partial charge in [-0.05, 0) is 0 Å². The van der Waals surface area contributed by atoms with Crippen LogP contribution in [0.1, 0.15) is 16.2 Å². The minimum atomic E-state index is -4.67. The Bertz CT molecular complexity index is 594. The Morgan fingerprint density at radius 1 is 1.42 bits per heavy atom. The van der Waals surface area contributed by atoms with Gasteiger partial charge < -0.3 is 11.1 Å². The number of H-pyrrole nitrogens is 1. The van der Waals surface area contributed by atoms with Crippen LogP contribution in [0.15, 0.2) is 18.5 Å². The Balaban J connectivity index is 2.24. The quantitative estimate of drug-likeness (QED) is 0.757. The third-order valence-electron chi connectivity index (χ3n) is 2.05. The van der Waals surface area contributed by atoms with Gasteiger partial charge in [0.15, 0.2) is 17.2 Å². The molecule has 7 nitrogen and oxygen atoms in total. The van der Waals surface area contributed by atoms with Gasteiger partial charge in [-0.25, -0.2) is 9.97 Å². The second-order valence-electron chi connectivity index (χ2n) is 3.41. The van der Waals surface area contributed by atoms with Gasteiger partial charge in [-0.15, -0.1) is 0 Å². The van der Waals surface area contributed by atoms with Crippen molar-refractivity contribution in [3.63, 3.8) is 0 Å². The zero-order valence-electron chi connectivity index (χ0n) is 9.19. The smallest absolute Gasteiger partial charge is 0.382 e. The molecule has 0 aromatic carbocycles. The molecule has 2 heterocycles. The summed E-state index contributed by atoms with van der Waals surface area (Å²) in [5.74, 6) is -1.14. The number of halogens is 3. The van der Waals surface area contributed by atoms with Crippen molar-refractivity contribution < 1.29 is 18.0 Å². The van der Waals surface area contributed by atoms with Crippen molar-refractivity contribution in [2.24, 2.45) is 0 Å². The maximum Gasteiger partial charge on any atom is 0.434 e. The van der Waals surface area contributed by atoms with Gasteiger partial charge in [0.25, 0.3) is 5.91 Å². The fourth-order valence-electron chi connectivity index (χ4n) is 1.22. The van der Waals surface area contributed by atoms with Crippen LogP contribution < -0.4 is 11.1 Å². The maximum atomic E-state index is 12.3. The monoisotopic (exact) mass is 272 g/mol. The van der Waals surface area contributed by atoms with Crippen LogP contribution in [-0.4, -0.2) is 26.1 Å². The van der Waals surface area contributed by atoms with E-state index in [1.54, 1.807) is 0 Å². The second-order valence-corrected chi connectivity index (χ2v) is 3.41. The van der Waals surface area contributed by atoms with E-state index in [0.29, 0.717) is 6.20 Å². The first-order valence-electron chi connectivity index (χ1n) is 4.88. The van der Waals surface area contributed by atoms with Crippen LogP contribution in [0.2, 0.25) is 0 Å². The number of hydrogen-bond donors (Lipinski definition) is 3. The summed E-state index contributed by atoms with van der Waals surface area (Å²) in [5.41, 5.74) is 3.63. The molecule has 4 N–H and O–H groups in total. The predicted molar refractivity (Wildman–Crippen MR) is 58.0 cm³/mol. The van der Waals surface area contributed by atoms with Crippen molar-refractivity contribution in [3.8, 4) is 0 Å². The molecule has 100 valence electrons. The van der Waals surface area contributed by atoms with Crippen molar-refractivity contribution >= 4 is 17.5 Å². The normalized spacial score (nSPS) is 11.3. The number of rotatable bonds is 2. The summed E-state index contributed by atoms with van der Waals surface area (Å²) in [6.45, 7) is 0.